The molecule has 5 nitrogen and oxygen atoms in total. The Morgan fingerprint density at radius 2 is 2.04 bits per heavy atom. The van der Waals surface area contributed by atoms with Crippen molar-refractivity contribution in [1.29, 1.82) is 0 Å². The summed E-state index contributed by atoms with van der Waals surface area (Å²) >= 11 is 8.53. The lowest BCUT2D eigenvalue weighted by Crippen LogP contribution is -2.34. The summed E-state index contributed by atoms with van der Waals surface area (Å²) in [5.41, 5.74) is 1.21. The second kappa shape index (κ2) is 8.65. The van der Waals surface area contributed by atoms with Gasteiger partial charge in [-0.05, 0) is 65.4 Å². The van der Waals surface area contributed by atoms with Crippen molar-refractivity contribution in [3.05, 3.63) is 52.5 Å². The number of anilines is 1. The van der Waals surface area contributed by atoms with Crippen molar-refractivity contribution in [3.8, 4) is 11.5 Å². The van der Waals surface area contributed by atoms with Gasteiger partial charge in [-0.15, -0.1) is 0 Å². The van der Waals surface area contributed by atoms with Crippen LogP contribution in [-0.4, -0.2) is 24.7 Å². The van der Waals surface area contributed by atoms with Crippen LogP contribution in [0.25, 0.3) is 0 Å². The van der Waals surface area contributed by atoms with Crippen LogP contribution in [0.2, 0.25) is 0 Å². The molecule has 0 aliphatic carbocycles. The zero-order chi connectivity index (χ0) is 17.5. The average Bonchev–Trinajstić information content (AvgIpc) is 2.55. The molecule has 0 fully saturated rings. The molecule has 126 valence electrons. The van der Waals surface area contributed by atoms with Crippen LogP contribution < -0.4 is 20.1 Å². The third-order valence-corrected chi connectivity index (χ3v) is 3.87. The fraction of sp³-hybridized carbons (Fsp3) is 0.176. The van der Waals surface area contributed by atoms with E-state index >= 15 is 0 Å². The molecule has 0 spiro atoms. The summed E-state index contributed by atoms with van der Waals surface area (Å²) in [6.07, 6.45) is 0. The van der Waals surface area contributed by atoms with Crippen LogP contribution in [0.1, 0.15) is 17.3 Å². The van der Waals surface area contributed by atoms with E-state index in [0.29, 0.717) is 22.4 Å². The molecule has 2 rings (SSSR count). The SMILES string of the molecule is CCOc1cccc(NC(=S)NC(=O)c2ccc(OC)c(Br)c2)c1. The minimum absolute atomic E-state index is 0.209. The predicted molar refractivity (Wildman–Crippen MR) is 102 cm³/mol. The summed E-state index contributed by atoms with van der Waals surface area (Å²) in [6, 6.07) is 12.4. The highest BCUT2D eigenvalue weighted by Gasteiger charge is 2.11. The molecule has 0 radical (unpaired) electrons. The van der Waals surface area contributed by atoms with Gasteiger partial charge in [0.2, 0.25) is 0 Å². The van der Waals surface area contributed by atoms with Crippen molar-refractivity contribution >= 4 is 44.9 Å². The lowest BCUT2D eigenvalue weighted by Gasteiger charge is -2.11. The summed E-state index contributed by atoms with van der Waals surface area (Å²) in [4.78, 5) is 12.2. The third-order valence-electron chi connectivity index (χ3n) is 3.04. The van der Waals surface area contributed by atoms with Gasteiger partial charge in [-0.3, -0.25) is 10.1 Å². The van der Waals surface area contributed by atoms with Crippen LogP contribution in [-0.2, 0) is 0 Å². The molecule has 24 heavy (non-hydrogen) atoms. The maximum absolute atomic E-state index is 12.2. The summed E-state index contributed by atoms with van der Waals surface area (Å²) in [5.74, 6) is 1.08. The molecule has 0 bridgehead atoms. The van der Waals surface area contributed by atoms with Crippen molar-refractivity contribution in [1.82, 2.24) is 5.32 Å². The minimum atomic E-state index is -0.309. The fourth-order valence-electron chi connectivity index (χ4n) is 1.98. The number of ether oxygens (including phenoxy) is 2. The topological polar surface area (TPSA) is 59.6 Å². The number of benzene rings is 2. The molecule has 0 aromatic heterocycles. The van der Waals surface area contributed by atoms with Crippen molar-refractivity contribution in [2.24, 2.45) is 0 Å². The number of halogens is 1. The van der Waals surface area contributed by atoms with Gasteiger partial charge in [0.25, 0.3) is 5.91 Å². The van der Waals surface area contributed by atoms with Crippen molar-refractivity contribution in [2.75, 3.05) is 19.0 Å². The van der Waals surface area contributed by atoms with Gasteiger partial charge in [-0.2, -0.15) is 0 Å². The molecule has 0 heterocycles. The number of carbonyl (C=O) groups excluding carboxylic acids is 1. The largest absolute Gasteiger partial charge is 0.496 e. The quantitative estimate of drug-likeness (QED) is 0.732. The highest BCUT2D eigenvalue weighted by molar-refractivity contribution is 9.10. The van der Waals surface area contributed by atoms with Gasteiger partial charge in [-0.1, -0.05) is 6.07 Å². The third kappa shape index (κ3) is 4.94. The molecule has 7 heteroatoms. The molecule has 0 atom stereocenters. The van der Waals surface area contributed by atoms with Crippen molar-refractivity contribution in [2.45, 2.75) is 6.92 Å². The molecule has 0 unspecified atom stereocenters. The molecular formula is C17H17BrN2O3S. The Hall–Kier alpha value is -2.12. The van der Waals surface area contributed by atoms with Gasteiger partial charge in [0, 0.05) is 17.3 Å². The molecule has 2 N–H and O–H groups in total. The molecule has 0 aliphatic rings. The van der Waals surface area contributed by atoms with E-state index in [9.17, 15) is 4.79 Å². The molecule has 2 aromatic rings. The summed E-state index contributed by atoms with van der Waals surface area (Å²) < 4.78 is 11.3. The number of methoxy groups -OCH3 is 1. The first kappa shape index (κ1) is 18.2. The summed E-state index contributed by atoms with van der Waals surface area (Å²) in [5, 5.41) is 5.81. The number of nitrogens with one attached hydrogen (secondary N) is 2. The van der Waals surface area contributed by atoms with E-state index in [0.717, 1.165) is 11.4 Å². The van der Waals surface area contributed by atoms with Crippen LogP contribution in [0, 0.1) is 0 Å². The lowest BCUT2D eigenvalue weighted by molar-refractivity contribution is 0.0977. The van der Waals surface area contributed by atoms with E-state index in [-0.39, 0.29) is 11.0 Å². The minimum Gasteiger partial charge on any atom is -0.496 e. The van der Waals surface area contributed by atoms with E-state index < -0.39 is 0 Å². The molecule has 0 aliphatic heterocycles. The van der Waals surface area contributed by atoms with E-state index in [1.165, 1.54) is 0 Å². The monoisotopic (exact) mass is 408 g/mol. The summed E-state index contributed by atoms with van der Waals surface area (Å²) in [7, 11) is 1.56. The number of thiocarbonyl (C=S) groups is 1. The van der Waals surface area contributed by atoms with E-state index in [1.807, 2.05) is 31.2 Å². The average molecular weight is 409 g/mol. The maximum Gasteiger partial charge on any atom is 0.257 e. The standard InChI is InChI=1S/C17H17BrN2O3S/c1-3-23-13-6-4-5-12(10-13)19-17(24)20-16(21)11-7-8-15(22-2)14(18)9-11/h4-10H,3H2,1-2H3,(H2,19,20,21,24). The normalized spacial score (nSPS) is 9.96. The predicted octanol–water partition coefficient (Wildman–Crippen LogP) is 3.98. The highest BCUT2D eigenvalue weighted by Crippen LogP contribution is 2.25. The van der Waals surface area contributed by atoms with Gasteiger partial charge in [0.1, 0.15) is 11.5 Å². The fourth-order valence-corrected chi connectivity index (χ4v) is 2.73. The molecule has 0 saturated heterocycles. The van der Waals surface area contributed by atoms with E-state index in [1.54, 1.807) is 25.3 Å². The van der Waals surface area contributed by atoms with Crippen LogP contribution in [0.5, 0.6) is 11.5 Å². The lowest BCUT2D eigenvalue weighted by atomic mass is 10.2. The van der Waals surface area contributed by atoms with Gasteiger partial charge in [0.15, 0.2) is 5.11 Å². The molecule has 0 saturated carbocycles. The number of hydrogen-bond acceptors (Lipinski definition) is 4. The number of hydrogen-bond donors (Lipinski definition) is 2. The van der Waals surface area contributed by atoms with Gasteiger partial charge in [0.05, 0.1) is 18.2 Å². The Bertz CT molecular complexity index is 752. The first-order chi connectivity index (χ1) is 11.5. The molecular weight excluding hydrogens is 392 g/mol. The Morgan fingerprint density at radius 1 is 1.25 bits per heavy atom. The molecule has 1 amide bonds. The summed E-state index contributed by atoms with van der Waals surface area (Å²) in [6.45, 7) is 2.49. The number of amides is 1. The van der Waals surface area contributed by atoms with E-state index in [2.05, 4.69) is 26.6 Å². The van der Waals surface area contributed by atoms with Crippen molar-refractivity contribution in [3.63, 3.8) is 0 Å². The van der Waals surface area contributed by atoms with Crippen LogP contribution in [0.4, 0.5) is 5.69 Å². The zero-order valence-corrected chi connectivity index (χ0v) is 15.7. The Morgan fingerprint density at radius 3 is 2.71 bits per heavy atom. The van der Waals surface area contributed by atoms with Crippen molar-refractivity contribution < 1.29 is 14.3 Å². The Kier molecular flexibility index (Phi) is 6.57. The van der Waals surface area contributed by atoms with E-state index in [4.69, 9.17) is 21.7 Å². The zero-order valence-electron chi connectivity index (χ0n) is 13.3. The van der Waals surface area contributed by atoms with Gasteiger partial charge >= 0.3 is 0 Å². The highest BCUT2D eigenvalue weighted by atomic mass is 79.9. The number of rotatable bonds is 5. The van der Waals surface area contributed by atoms with Crippen LogP contribution in [0.15, 0.2) is 46.9 Å². The van der Waals surface area contributed by atoms with Crippen LogP contribution in [0.3, 0.4) is 0 Å². The second-order valence-electron chi connectivity index (χ2n) is 4.72. The Labute approximate surface area is 154 Å². The second-order valence-corrected chi connectivity index (χ2v) is 5.98. The first-order valence-electron chi connectivity index (χ1n) is 7.22. The van der Waals surface area contributed by atoms with Gasteiger partial charge in [-0.25, -0.2) is 0 Å². The maximum atomic E-state index is 12.2. The van der Waals surface area contributed by atoms with Crippen LogP contribution >= 0.6 is 28.1 Å². The molecule has 2 aromatic carbocycles. The smallest absolute Gasteiger partial charge is 0.257 e. The Balaban J connectivity index is 2.00. The number of carbonyl (C=O) groups is 1. The first-order valence-corrected chi connectivity index (χ1v) is 8.42. The van der Waals surface area contributed by atoms with Gasteiger partial charge < -0.3 is 14.8 Å².